The Kier molecular flexibility index (Phi) is 3.75. The molecule has 3 nitrogen and oxygen atoms in total. The van der Waals surface area contributed by atoms with E-state index < -0.39 is 6.09 Å². The van der Waals surface area contributed by atoms with Crippen LogP contribution in [0.5, 0.6) is 5.75 Å². The highest BCUT2D eigenvalue weighted by atomic mass is 16.6. The molecule has 0 atom stereocenters. The van der Waals surface area contributed by atoms with E-state index in [2.05, 4.69) is 23.5 Å². The lowest BCUT2D eigenvalue weighted by molar-refractivity contribution is 0.200. The van der Waals surface area contributed by atoms with E-state index in [-0.39, 0.29) is 0 Å². The van der Waals surface area contributed by atoms with Crippen LogP contribution in [0.2, 0.25) is 0 Å². The molecular weight excluding hydrogens is 298 g/mol. The number of carbonyl (C=O) groups excluding carboxylic acids is 1. The van der Waals surface area contributed by atoms with Crippen LogP contribution >= 0.6 is 0 Å². The number of rotatable bonds is 3. The summed E-state index contributed by atoms with van der Waals surface area (Å²) in [5.74, 6) is 0.566. The van der Waals surface area contributed by atoms with Crippen molar-refractivity contribution in [3.8, 4) is 16.9 Å². The van der Waals surface area contributed by atoms with Gasteiger partial charge >= 0.3 is 6.09 Å². The molecule has 0 radical (unpaired) electrons. The van der Waals surface area contributed by atoms with E-state index in [0.717, 1.165) is 17.5 Å². The molecular formula is C21H17NO2. The van der Waals surface area contributed by atoms with Crippen LogP contribution in [0.1, 0.15) is 16.7 Å². The van der Waals surface area contributed by atoms with Gasteiger partial charge in [-0.1, -0.05) is 60.7 Å². The number of carbonyl (C=O) groups is 1. The Morgan fingerprint density at radius 2 is 1.62 bits per heavy atom. The molecule has 0 saturated heterocycles. The first kappa shape index (κ1) is 14.5. The van der Waals surface area contributed by atoms with Crippen molar-refractivity contribution in [3.63, 3.8) is 0 Å². The third-order valence-corrected chi connectivity index (χ3v) is 4.26. The van der Waals surface area contributed by atoms with Gasteiger partial charge in [-0.3, -0.25) is 0 Å². The Labute approximate surface area is 140 Å². The topological polar surface area (TPSA) is 38.3 Å². The molecule has 1 aliphatic carbocycles. The van der Waals surface area contributed by atoms with Gasteiger partial charge in [-0.25, -0.2) is 4.79 Å². The molecule has 1 aliphatic rings. The average molecular weight is 315 g/mol. The van der Waals surface area contributed by atoms with Gasteiger partial charge in [-0.15, -0.1) is 0 Å². The normalized spacial score (nSPS) is 11.5. The van der Waals surface area contributed by atoms with Gasteiger partial charge in [0, 0.05) is 6.54 Å². The maximum atomic E-state index is 12.0. The summed E-state index contributed by atoms with van der Waals surface area (Å²) in [4.78, 5) is 12.0. The first-order valence-corrected chi connectivity index (χ1v) is 8.00. The summed E-state index contributed by atoms with van der Waals surface area (Å²) in [6.45, 7) is 0.452. The standard InChI is InChI=1S/C21H17NO2/c23-21(22-14-15-6-2-1-3-7-15)24-18-11-10-17-12-16-8-4-5-9-19(16)20(17)13-18/h1-11,13H,12,14H2,(H,22,23). The van der Waals surface area contributed by atoms with Crippen molar-refractivity contribution in [2.45, 2.75) is 13.0 Å². The van der Waals surface area contributed by atoms with Crippen LogP contribution in [0, 0.1) is 0 Å². The molecule has 3 aromatic rings. The molecule has 3 aromatic carbocycles. The molecule has 0 spiro atoms. The number of nitrogens with one attached hydrogen (secondary N) is 1. The van der Waals surface area contributed by atoms with E-state index in [1.807, 2.05) is 54.6 Å². The fraction of sp³-hybridized carbons (Fsp3) is 0.0952. The summed E-state index contributed by atoms with van der Waals surface area (Å²) in [7, 11) is 0. The largest absolute Gasteiger partial charge is 0.412 e. The van der Waals surface area contributed by atoms with E-state index in [4.69, 9.17) is 4.74 Å². The van der Waals surface area contributed by atoms with E-state index in [9.17, 15) is 4.79 Å². The van der Waals surface area contributed by atoms with Crippen molar-refractivity contribution in [2.24, 2.45) is 0 Å². The number of hydrogen-bond donors (Lipinski definition) is 1. The van der Waals surface area contributed by atoms with Crippen molar-refractivity contribution in [1.82, 2.24) is 5.32 Å². The van der Waals surface area contributed by atoms with Gasteiger partial charge in [-0.2, -0.15) is 0 Å². The highest BCUT2D eigenvalue weighted by Crippen LogP contribution is 2.38. The highest BCUT2D eigenvalue weighted by molar-refractivity contribution is 5.79. The maximum absolute atomic E-state index is 12.0. The lowest BCUT2D eigenvalue weighted by Gasteiger charge is -2.08. The molecule has 0 aliphatic heterocycles. The molecule has 0 saturated carbocycles. The predicted octanol–water partition coefficient (Wildman–Crippen LogP) is 4.55. The second-order valence-corrected chi connectivity index (χ2v) is 5.88. The Bertz CT molecular complexity index is 887. The molecule has 0 bridgehead atoms. The van der Waals surface area contributed by atoms with Gasteiger partial charge in [0.15, 0.2) is 0 Å². The molecule has 3 heteroatoms. The minimum absolute atomic E-state index is 0.440. The van der Waals surface area contributed by atoms with Crippen LogP contribution in [0.4, 0.5) is 4.79 Å². The van der Waals surface area contributed by atoms with E-state index >= 15 is 0 Å². The summed E-state index contributed by atoms with van der Waals surface area (Å²) in [5, 5.41) is 2.77. The number of amides is 1. The Balaban J connectivity index is 1.46. The fourth-order valence-corrected chi connectivity index (χ4v) is 3.08. The van der Waals surface area contributed by atoms with Crippen LogP contribution in [0.3, 0.4) is 0 Å². The summed E-state index contributed by atoms with van der Waals surface area (Å²) in [6, 6.07) is 23.9. The molecule has 1 N–H and O–H groups in total. The van der Waals surface area contributed by atoms with Crippen molar-refractivity contribution >= 4 is 6.09 Å². The first-order valence-electron chi connectivity index (χ1n) is 8.00. The van der Waals surface area contributed by atoms with E-state index in [0.29, 0.717) is 12.3 Å². The number of benzene rings is 3. The fourth-order valence-electron chi connectivity index (χ4n) is 3.08. The van der Waals surface area contributed by atoms with Crippen LogP contribution in [0.25, 0.3) is 11.1 Å². The molecule has 0 aromatic heterocycles. The highest BCUT2D eigenvalue weighted by Gasteiger charge is 2.18. The Morgan fingerprint density at radius 3 is 2.50 bits per heavy atom. The van der Waals surface area contributed by atoms with Crippen molar-refractivity contribution in [3.05, 3.63) is 89.5 Å². The van der Waals surface area contributed by atoms with Gasteiger partial charge in [0.05, 0.1) is 0 Å². The zero-order valence-electron chi connectivity index (χ0n) is 13.2. The molecule has 0 fully saturated rings. The van der Waals surface area contributed by atoms with Crippen LogP contribution < -0.4 is 10.1 Å². The third-order valence-electron chi connectivity index (χ3n) is 4.26. The smallest absolute Gasteiger partial charge is 0.410 e. The number of ether oxygens (including phenoxy) is 1. The van der Waals surface area contributed by atoms with Gasteiger partial charge in [0.25, 0.3) is 0 Å². The SMILES string of the molecule is O=C(NCc1ccccc1)Oc1ccc2c(c1)-c1ccccc1C2. The van der Waals surface area contributed by atoms with Gasteiger partial charge < -0.3 is 10.1 Å². The van der Waals surface area contributed by atoms with E-state index in [1.165, 1.54) is 16.7 Å². The van der Waals surface area contributed by atoms with Crippen LogP contribution in [-0.2, 0) is 13.0 Å². The van der Waals surface area contributed by atoms with Gasteiger partial charge in [0.2, 0.25) is 0 Å². The van der Waals surface area contributed by atoms with Crippen molar-refractivity contribution < 1.29 is 9.53 Å². The minimum atomic E-state index is -0.440. The number of fused-ring (bicyclic) bond motifs is 3. The molecule has 1 amide bonds. The summed E-state index contributed by atoms with van der Waals surface area (Å²) in [6.07, 6.45) is 0.497. The van der Waals surface area contributed by atoms with Crippen molar-refractivity contribution in [2.75, 3.05) is 0 Å². The maximum Gasteiger partial charge on any atom is 0.412 e. The lowest BCUT2D eigenvalue weighted by Crippen LogP contribution is -2.26. The van der Waals surface area contributed by atoms with Crippen molar-refractivity contribution in [1.29, 1.82) is 0 Å². The van der Waals surface area contributed by atoms with E-state index in [1.54, 1.807) is 0 Å². The van der Waals surface area contributed by atoms with Gasteiger partial charge in [-0.05, 0) is 46.4 Å². The Hall–Kier alpha value is -3.07. The molecule has 4 rings (SSSR count). The Morgan fingerprint density at radius 1 is 0.875 bits per heavy atom. The summed E-state index contributed by atoms with van der Waals surface area (Å²) in [5.41, 5.74) is 6.00. The summed E-state index contributed by atoms with van der Waals surface area (Å²) < 4.78 is 5.43. The predicted molar refractivity (Wildman–Crippen MR) is 94.0 cm³/mol. The molecule has 0 unspecified atom stereocenters. The first-order chi connectivity index (χ1) is 11.8. The second kappa shape index (κ2) is 6.20. The van der Waals surface area contributed by atoms with Gasteiger partial charge in [0.1, 0.15) is 5.75 Å². The average Bonchev–Trinajstić information content (AvgIpc) is 2.99. The third kappa shape index (κ3) is 2.88. The molecule has 0 heterocycles. The van der Waals surface area contributed by atoms with Crippen LogP contribution in [0.15, 0.2) is 72.8 Å². The molecule has 24 heavy (non-hydrogen) atoms. The molecule has 118 valence electrons. The quantitative estimate of drug-likeness (QED) is 0.602. The minimum Gasteiger partial charge on any atom is -0.410 e. The second-order valence-electron chi connectivity index (χ2n) is 5.88. The monoisotopic (exact) mass is 315 g/mol. The zero-order chi connectivity index (χ0) is 16.4. The van der Waals surface area contributed by atoms with Crippen LogP contribution in [-0.4, -0.2) is 6.09 Å². The number of hydrogen-bond acceptors (Lipinski definition) is 2. The summed E-state index contributed by atoms with van der Waals surface area (Å²) >= 11 is 0. The zero-order valence-corrected chi connectivity index (χ0v) is 13.2. The lowest BCUT2D eigenvalue weighted by atomic mass is 10.1.